The Morgan fingerprint density at radius 3 is 2.12 bits per heavy atom. The first kappa shape index (κ1) is 7.46. The van der Waals surface area contributed by atoms with Gasteiger partial charge in [0.05, 0.1) is 21.2 Å². The average Bonchev–Trinajstić information content (AvgIpc) is 1.59. The minimum Gasteiger partial charge on any atom is -0.628 e. The summed E-state index contributed by atoms with van der Waals surface area (Å²) in [5.74, 6) is 0. The van der Waals surface area contributed by atoms with E-state index >= 15 is 0 Å². The van der Waals surface area contributed by atoms with E-state index in [1.165, 1.54) is 33.7 Å². The fourth-order valence-corrected chi connectivity index (χ4v) is 0.207. The van der Waals surface area contributed by atoms with Crippen LogP contribution in [0.5, 0.6) is 0 Å². The molecule has 0 aliphatic rings. The molecule has 0 rings (SSSR count). The van der Waals surface area contributed by atoms with Crippen LogP contribution in [0.4, 0.5) is 0 Å². The molecule has 0 aromatic carbocycles. The summed E-state index contributed by atoms with van der Waals surface area (Å²) < 4.78 is 4.07. The highest BCUT2D eigenvalue weighted by atomic mass is 16.5. The largest absolute Gasteiger partial charge is 0.628 e. The van der Waals surface area contributed by atoms with Crippen LogP contribution in [-0.4, -0.2) is 25.9 Å². The van der Waals surface area contributed by atoms with Crippen molar-refractivity contribution in [2.24, 2.45) is 0 Å². The van der Waals surface area contributed by atoms with Gasteiger partial charge in [0.15, 0.2) is 0 Å². The van der Waals surface area contributed by atoms with Crippen molar-refractivity contribution in [3.63, 3.8) is 0 Å². The second-order valence-electron chi connectivity index (χ2n) is 1.96. The van der Waals surface area contributed by atoms with Crippen LogP contribution in [-0.2, 0) is 4.74 Å². The maximum absolute atomic E-state index is 10.6. The van der Waals surface area contributed by atoms with Crippen LogP contribution in [0.3, 0.4) is 0 Å². The first-order valence-electron chi connectivity index (χ1n) is 2.31. The lowest BCUT2D eigenvalue weighted by Gasteiger charge is -2.27. The number of hydrogen-bond donors (Lipinski definition) is 0. The fourth-order valence-electron chi connectivity index (χ4n) is 0.207. The van der Waals surface area contributed by atoms with Crippen LogP contribution in [0.25, 0.3) is 0 Å². The fraction of sp³-hybridized carbons (Fsp3) is 0.600. The molecule has 0 spiro atoms. The Kier molecular flexibility index (Phi) is 2.51. The number of rotatable bonds is 2. The first-order chi connectivity index (χ1) is 3.56. The number of ether oxygens (including phenoxy) is 1. The highest BCUT2D eigenvalue weighted by Crippen LogP contribution is 1.91. The van der Waals surface area contributed by atoms with E-state index in [9.17, 15) is 5.21 Å². The molecule has 3 nitrogen and oxygen atoms in total. The van der Waals surface area contributed by atoms with Crippen LogP contribution < -0.4 is 0 Å². The molecular weight excluding hydrogens is 106 g/mol. The van der Waals surface area contributed by atoms with Gasteiger partial charge in [-0.25, -0.2) is 0 Å². The molecular formula is C5H11NO2. The van der Waals surface area contributed by atoms with Gasteiger partial charge in [0.25, 0.3) is 0 Å². The molecule has 0 N–H and O–H groups in total. The zero-order valence-corrected chi connectivity index (χ0v) is 5.42. The second-order valence-corrected chi connectivity index (χ2v) is 1.96. The Morgan fingerprint density at radius 2 is 2.00 bits per heavy atom. The van der Waals surface area contributed by atoms with Crippen molar-refractivity contribution in [3.8, 4) is 0 Å². The van der Waals surface area contributed by atoms with Crippen LogP contribution in [0.15, 0.2) is 12.5 Å². The summed E-state index contributed by atoms with van der Waals surface area (Å²) in [7, 11) is 4.52. The molecule has 3 heteroatoms. The number of nitrogens with zero attached hydrogens (tertiary/aromatic N) is 1. The third kappa shape index (κ3) is 5.46. The van der Waals surface area contributed by atoms with E-state index in [4.69, 9.17) is 0 Å². The normalized spacial score (nSPS) is 12.5. The Hall–Kier alpha value is -0.540. The quantitative estimate of drug-likeness (QED) is 0.302. The lowest BCUT2D eigenvalue weighted by Crippen LogP contribution is -2.24. The molecule has 0 fully saturated rings. The minimum absolute atomic E-state index is 0.451. The Balaban J connectivity index is 3.52. The first-order valence-corrected chi connectivity index (χ1v) is 2.31. The summed E-state index contributed by atoms with van der Waals surface area (Å²) in [5.41, 5.74) is 0. The lowest BCUT2D eigenvalue weighted by molar-refractivity contribution is -0.785. The number of methoxy groups -OCH3 is 1. The molecule has 0 unspecified atom stereocenters. The summed E-state index contributed by atoms with van der Waals surface area (Å²) in [5, 5.41) is 10.6. The number of hydrogen-bond acceptors (Lipinski definition) is 2. The van der Waals surface area contributed by atoms with E-state index < -0.39 is 4.65 Å². The summed E-state index contributed by atoms with van der Waals surface area (Å²) in [4.78, 5) is 0. The van der Waals surface area contributed by atoms with Gasteiger partial charge in [0, 0.05) is 0 Å². The third-order valence-electron chi connectivity index (χ3n) is 0.556. The highest BCUT2D eigenvalue weighted by Gasteiger charge is 1.90. The van der Waals surface area contributed by atoms with Gasteiger partial charge in [-0.1, -0.05) is 0 Å². The minimum atomic E-state index is -0.451. The van der Waals surface area contributed by atoms with Crippen molar-refractivity contribution < 1.29 is 9.38 Å². The van der Waals surface area contributed by atoms with Gasteiger partial charge < -0.3 is 14.6 Å². The van der Waals surface area contributed by atoms with Crippen molar-refractivity contribution >= 4 is 0 Å². The van der Waals surface area contributed by atoms with Crippen molar-refractivity contribution in [1.29, 1.82) is 0 Å². The molecule has 0 bridgehead atoms. The third-order valence-corrected chi connectivity index (χ3v) is 0.556. The second kappa shape index (κ2) is 2.69. The van der Waals surface area contributed by atoms with E-state index in [0.717, 1.165) is 0 Å². The molecule has 48 valence electrons. The van der Waals surface area contributed by atoms with Gasteiger partial charge in [-0.05, 0) is 0 Å². The van der Waals surface area contributed by atoms with Crippen molar-refractivity contribution in [1.82, 2.24) is 0 Å². The Morgan fingerprint density at radius 1 is 1.50 bits per heavy atom. The SMILES string of the molecule is CO/C=C\[N+](C)(C)[O-]. The molecule has 8 heavy (non-hydrogen) atoms. The summed E-state index contributed by atoms with van der Waals surface area (Å²) in [6.45, 7) is 0. The molecule has 0 saturated heterocycles. The maximum Gasteiger partial charge on any atom is 0.136 e. The Labute approximate surface area is 49.3 Å². The topological polar surface area (TPSA) is 32.3 Å². The number of quaternary nitrogens is 1. The molecule has 0 aromatic heterocycles. The predicted molar refractivity (Wildman–Crippen MR) is 31.6 cm³/mol. The van der Waals surface area contributed by atoms with Gasteiger partial charge in [-0.3, -0.25) is 0 Å². The molecule has 0 amide bonds. The van der Waals surface area contributed by atoms with Gasteiger partial charge >= 0.3 is 0 Å². The lowest BCUT2D eigenvalue weighted by atomic mass is 10.8. The summed E-state index contributed by atoms with van der Waals surface area (Å²) in [6.07, 6.45) is 2.77. The predicted octanol–water partition coefficient (Wildman–Crippen LogP) is 0.678. The van der Waals surface area contributed by atoms with Crippen LogP contribution in [0.1, 0.15) is 0 Å². The van der Waals surface area contributed by atoms with Crippen molar-refractivity contribution in [2.45, 2.75) is 0 Å². The van der Waals surface area contributed by atoms with Crippen molar-refractivity contribution in [3.05, 3.63) is 17.7 Å². The van der Waals surface area contributed by atoms with E-state index in [0.29, 0.717) is 0 Å². The number of hydroxylamine groups is 3. The van der Waals surface area contributed by atoms with E-state index in [1.54, 1.807) is 0 Å². The van der Waals surface area contributed by atoms with Gasteiger partial charge in [-0.15, -0.1) is 0 Å². The smallest absolute Gasteiger partial charge is 0.136 e. The van der Waals surface area contributed by atoms with Gasteiger partial charge in [-0.2, -0.15) is 0 Å². The van der Waals surface area contributed by atoms with Crippen LogP contribution in [0, 0.1) is 5.21 Å². The van der Waals surface area contributed by atoms with Gasteiger partial charge in [0.1, 0.15) is 12.5 Å². The molecule has 0 atom stereocenters. The monoisotopic (exact) mass is 117 g/mol. The molecule has 0 saturated carbocycles. The zero-order chi connectivity index (χ0) is 6.62. The summed E-state index contributed by atoms with van der Waals surface area (Å²) in [6, 6.07) is 0. The molecule has 0 aromatic rings. The van der Waals surface area contributed by atoms with Crippen LogP contribution >= 0.6 is 0 Å². The zero-order valence-electron chi connectivity index (χ0n) is 5.42. The van der Waals surface area contributed by atoms with E-state index in [-0.39, 0.29) is 0 Å². The maximum atomic E-state index is 10.6. The Bertz CT molecular complexity index is 82.9. The average molecular weight is 117 g/mol. The molecule has 0 aliphatic heterocycles. The molecule has 0 aliphatic carbocycles. The van der Waals surface area contributed by atoms with Gasteiger partial charge in [0.2, 0.25) is 0 Å². The van der Waals surface area contributed by atoms with E-state index in [2.05, 4.69) is 4.74 Å². The van der Waals surface area contributed by atoms with E-state index in [1.807, 2.05) is 0 Å². The summed E-state index contributed by atoms with van der Waals surface area (Å²) >= 11 is 0. The van der Waals surface area contributed by atoms with Crippen LogP contribution in [0.2, 0.25) is 0 Å². The standard InChI is InChI=1S/C5H11NO2/c1-6(2,7)4-5-8-3/h4-5H,1-3H3/b5-4-. The molecule has 0 radical (unpaired) electrons. The van der Waals surface area contributed by atoms with Crippen molar-refractivity contribution in [2.75, 3.05) is 21.2 Å². The highest BCUT2D eigenvalue weighted by molar-refractivity contribution is 4.60. The molecule has 0 heterocycles.